The maximum Gasteiger partial charge on any atom is 0.109 e. The van der Waals surface area contributed by atoms with Crippen LogP contribution < -0.4 is 0 Å². The summed E-state index contributed by atoms with van der Waals surface area (Å²) in [5.41, 5.74) is 0.00868. The molecule has 0 nitrogen and oxygen atoms in total. The van der Waals surface area contributed by atoms with Crippen LogP contribution in [-0.4, -0.2) is 6.17 Å². The van der Waals surface area contributed by atoms with Gasteiger partial charge in [0.2, 0.25) is 0 Å². The first-order valence-electron chi connectivity index (χ1n) is 3.24. The number of hydrogen-bond donors (Lipinski definition) is 0. The third-order valence-corrected chi connectivity index (χ3v) is 2.35. The highest BCUT2D eigenvalue weighted by atomic mass is 19.1. The summed E-state index contributed by atoms with van der Waals surface area (Å²) < 4.78 is 12.6. The minimum Gasteiger partial charge on any atom is -0.247 e. The van der Waals surface area contributed by atoms with E-state index in [0.29, 0.717) is 5.92 Å². The molecular formula is C7H13F. The first-order chi connectivity index (χ1) is 3.60. The highest BCUT2D eigenvalue weighted by Crippen LogP contribution is 2.55. The van der Waals surface area contributed by atoms with Crippen LogP contribution >= 0.6 is 0 Å². The predicted molar refractivity (Wildman–Crippen MR) is 32.5 cm³/mol. The average Bonchev–Trinajstić information content (AvgIpc) is 2.09. The van der Waals surface area contributed by atoms with Gasteiger partial charge in [-0.25, -0.2) is 4.39 Å². The largest absolute Gasteiger partial charge is 0.247 e. The van der Waals surface area contributed by atoms with E-state index in [1.165, 1.54) is 0 Å². The highest BCUT2D eigenvalue weighted by molar-refractivity contribution is 5.04. The van der Waals surface area contributed by atoms with E-state index in [9.17, 15) is 4.39 Å². The molecule has 8 heavy (non-hydrogen) atoms. The number of hydrogen-bond acceptors (Lipinski definition) is 0. The van der Waals surface area contributed by atoms with Crippen LogP contribution in [0.2, 0.25) is 0 Å². The molecule has 1 heteroatoms. The van der Waals surface area contributed by atoms with Crippen molar-refractivity contribution >= 4 is 0 Å². The molecule has 0 saturated heterocycles. The van der Waals surface area contributed by atoms with E-state index in [0.717, 1.165) is 6.42 Å². The minimum atomic E-state index is -0.521. The van der Waals surface area contributed by atoms with Crippen LogP contribution in [0.4, 0.5) is 4.39 Å². The zero-order valence-electron chi connectivity index (χ0n) is 5.74. The van der Waals surface area contributed by atoms with E-state index in [-0.39, 0.29) is 5.41 Å². The number of rotatable bonds is 1. The summed E-state index contributed by atoms with van der Waals surface area (Å²) in [6.07, 6.45) is 0.473. The van der Waals surface area contributed by atoms with Crippen LogP contribution in [-0.2, 0) is 0 Å². The first kappa shape index (κ1) is 6.06. The lowest BCUT2D eigenvalue weighted by molar-refractivity contribution is 0.396. The van der Waals surface area contributed by atoms with Crippen LogP contribution in [0.25, 0.3) is 0 Å². The van der Waals surface area contributed by atoms with Gasteiger partial charge < -0.3 is 0 Å². The molecule has 0 aromatic carbocycles. The Balaban J connectivity index is 2.45. The molecule has 0 radical (unpaired) electrons. The average molecular weight is 116 g/mol. The van der Waals surface area contributed by atoms with E-state index in [1.807, 2.05) is 20.8 Å². The summed E-state index contributed by atoms with van der Waals surface area (Å²) in [6, 6.07) is 0. The van der Waals surface area contributed by atoms with Crippen molar-refractivity contribution in [2.24, 2.45) is 11.3 Å². The molecule has 0 aromatic rings. The molecule has 0 spiro atoms. The molecule has 0 bridgehead atoms. The molecule has 2 atom stereocenters. The second kappa shape index (κ2) is 1.46. The Morgan fingerprint density at radius 3 is 1.88 bits per heavy atom. The Kier molecular flexibility index (Phi) is 1.10. The lowest BCUT2D eigenvalue weighted by Gasteiger charge is -1.94. The minimum absolute atomic E-state index is 0.00868. The van der Waals surface area contributed by atoms with E-state index in [1.54, 1.807) is 0 Å². The third-order valence-electron chi connectivity index (χ3n) is 2.35. The van der Waals surface area contributed by atoms with Crippen molar-refractivity contribution in [2.45, 2.75) is 33.4 Å². The smallest absolute Gasteiger partial charge is 0.109 e. The van der Waals surface area contributed by atoms with Gasteiger partial charge in [0.25, 0.3) is 0 Å². The van der Waals surface area contributed by atoms with Crippen LogP contribution in [0.5, 0.6) is 0 Å². The fourth-order valence-electron chi connectivity index (χ4n) is 1.41. The van der Waals surface area contributed by atoms with Gasteiger partial charge in [-0.2, -0.15) is 0 Å². The quantitative estimate of drug-likeness (QED) is 0.493. The molecule has 0 amide bonds. The number of halogens is 1. The van der Waals surface area contributed by atoms with E-state index in [4.69, 9.17) is 0 Å². The van der Waals surface area contributed by atoms with Gasteiger partial charge in [-0.05, 0) is 12.3 Å². The monoisotopic (exact) mass is 116 g/mol. The first-order valence-corrected chi connectivity index (χ1v) is 3.24. The summed E-state index contributed by atoms with van der Waals surface area (Å²) in [6.45, 7) is 6.03. The Morgan fingerprint density at radius 2 is 1.88 bits per heavy atom. The summed E-state index contributed by atoms with van der Waals surface area (Å²) in [7, 11) is 0. The second-order valence-electron chi connectivity index (χ2n) is 3.24. The van der Waals surface area contributed by atoms with Gasteiger partial charge in [-0.15, -0.1) is 0 Å². The summed E-state index contributed by atoms with van der Waals surface area (Å²) in [5.74, 6) is 0.350. The zero-order valence-corrected chi connectivity index (χ0v) is 5.74. The molecule has 48 valence electrons. The molecule has 0 heterocycles. The van der Waals surface area contributed by atoms with E-state index < -0.39 is 6.17 Å². The molecule has 1 aliphatic rings. The summed E-state index contributed by atoms with van der Waals surface area (Å²) >= 11 is 0. The van der Waals surface area contributed by atoms with Gasteiger partial charge in [0, 0.05) is 5.41 Å². The van der Waals surface area contributed by atoms with Crippen molar-refractivity contribution in [3.8, 4) is 0 Å². The fraction of sp³-hybridized carbons (Fsp3) is 1.00. The maximum absolute atomic E-state index is 12.6. The van der Waals surface area contributed by atoms with Crippen molar-refractivity contribution in [3.63, 3.8) is 0 Å². The van der Waals surface area contributed by atoms with Crippen molar-refractivity contribution in [1.29, 1.82) is 0 Å². The van der Waals surface area contributed by atoms with Crippen molar-refractivity contribution < 1.29 is 4.39 Å². The molecule has 2 unspecified atom stereocenters. The molecule has 1 saturated carbocycles. The lowest BCUT2D eigenvalue weighted by Crippen LogP contribution is -1.88. The van der Waals surface area contributed by atoms with Crippen molar-refractivity contribution in [1.82, 2.24) is 0 Å². The fourth-order valence-corrected chi connectivity index (χ4v) is 1.41. The second-order valence-corrected chi connectivity index (χ2v) is 3.24. The molecule has 1 rings (SSSR count). The highest BCUT2D eigenvalue weighted by Gasteiger charge is 2.57. The zero-order chi connectivity index (χ0) is 6.36. The lowest BCUT2D eigenvalue weighted by atomic mass is 10.1. The van der Waals surface area contributed by atoms with Gasteiger partial charge >= 0.3 is 0 Å². The van der Waals surface area contributed by atoms with Crippen molar-refractivity contribution in [2.75, 3.05) is 0 Å². The van der Waals surface area contributed by atoms with Gasteiger partial charge in [-0.1, -0.05) is 20.8 Å². The van der Waals surface area contributed by atoms with Crippen LogP contribution in [0.1, 0.15) is 27.2 Å². The topological polar surface area (TPSA) is 0 Å². The van der Waals surface area contributed by atoms with Gasteiger partial charge in [-0.3, -0.25) is 0 Å². The predicted octanol–water partition coefficient (Wildman–Crippen LogP) is 2.39. The van der Waals surface area contributed by atoms with E-state index in [2.05, 4.69) is 0 Å². The van der Waals surface area contributed by atoms with Crippen LogP contribution in [0.15, 0.2) is 0 Å². The Morgan fingerprint density at radius 1 is 1.50 bits per heavy atom. The van der Waals surface area contributed by atoms with Crippen molar-refractivity contribution in [3.05, 3.63) is 0 Å². The molecule has 0 aliphatic heterocycles. The Hall–Kier alpha value is -0.0700. The summed E-state index contributed by atoms with van der Waals surface area (Å²) in [4.78, 5) is 0. The molecular weight excluding hydrogens is 103 g/mol. The molecule has 0 aromatic heterocycles. The van der Waals surface area contributed by atoms with Crippen LogP contribution in [0.3, 0.4) is 0 Å². The standard InChI is InChI=1S/C7H13F/c1-4-5-6(8)7(5,2)3/h5-6H,4H2,1-3H3. The van der Waals surface area contributed by atoms with Crippen LogP contribution in [0, 0.1) is 11.3 Å². The Bertz CT molecular complexity index is 96.6. The molecule has 1 fully saturated rings. The van der Waals surface area contributed by atoms with Gasteiger partial charge in [0.15, 0.2) is 0 Å². The number of alkyl halides is 1. The third kappa shape index (κ3) is 0.568. The normalized spacial score (nSPS) is 42.0. The SMILES string of the molecule is CCC1C(F)C1(C)C. The Labute approximate surface area is 50.1 Å². The maximum atomic E-state index is 12.6. The van der Waals surface area contributed by atoms with Gasteiger partial charge in [0.05, 0.1) is 0 Å². The van der Waals surface area contributed by atoms with E-state index >= 15 is 0 Å². The molecule has 1 aliphatic carbocycles. The molecule has 0 N–H and O–H groups in total. The van der Waals surface area contributed by atoms with Gasteiger partial charge in [0.1, 0.15) is 6.17 Å². The summed E-state index contributed by atoms with van der Waals surface area (Å²) in [5, 5.41) is 0.